The lowest BCUT2D eigenvalue weighted by molar-refractivity contribution is 0.0293. The Hall–Kier alpha value is -2.40. The second-order valence-corrected chi connectivity index (χ2v) is 10.5. The summed E-state index contributed by atoms with van der Waals surface area (Å²) in [6.07, 6.45) is 0.287. The summed E-state index contributed by atoms with van der Waals surface area (Å²) in [5, 5.41) is 4.73. The number of aromatic nitrogens is 1. The van der Waals surface area contributed by atoms with Gasteiger partial charge in [-0.2, -0.15) is 0 Å². The van der Waals surface area contributed by atoms with E-state index in [1.165, 1.54) is 34.4 Å². The van der Waals surface area contributed by atoms with E-state index in [0.717, 1.165) is 0 Å². The number of sulfonamides is 1. The van der Waals surface area contributed by atoms with Gasteiger partial charge >= 0.3 is 6.09 Å². The highest BCUT2D eigenvalue weighted by Crippen LogP contribution is 2.27. The van der Waals surface area contributed by atoms with Gasteiger partial charge in [0.15, 0.2) is 5.82 Å². The molecule has 0 saturated carbocycles. The van der Waals surface area contributed by atoms with E-state index in [9.17, 15) is 17.6 Å². The molecule has 8 nitrogen and oxygen atoms in total. The number of likely N-dealkylation sites (tertiary alicyclic amines) is 1. The summed E-state index contributed by atoms with van der Waals surface area (Å²) in [6, 6.07) is 2.36. The molecule has 2 N–H and O–H groups in total. The zero-order chi connectivity index (χ0) is 22.1. The molecule has 1 saturated heterocycles. The van der Waals surface area contributed by atoms with Crippen molar-refractivity contribution < 1.29 is 22.3 Å². The van der Waals surface area contributed by atoms with Gasteiger partial charge in [-0.15, -0.1) is 11.3 Å². The highest BCUT2D eigenvalue weighted by molar-refractivity contribution is 7.92. The standard InChI is InChI=1S/C19H25FN4O4S2/c1-12-7-16(30(26,27)23-17-10-29-11-21-17)14(20)8-15(12)22-13-5-6-24(9-13)18(25)28-19(2,3)4/h7-8,10-11,13,22-23H,5-6,9H2,1-4H3/t13-/m0/s1. The fourth-order valence-corrected chi connectivity index (χ4v) is 4.77. The van der Waals surface area contributed by atoms with Crippen molar-refractivity contribution in [2.24, 2.45) is 0 Å². The van der Waals surface area contributed by atoms with Crippen LogP contribution in [0.2, 0.25) is 0 Å². The van der Waals surface area contributed by atoms with E-state index in [0.29, 0.717) is 30.8 Å². The number of nitrogens with one attached hydrogen (secondary N) is 2. The van der Waals surface area contributed by atoms with Crippen LogP contribution in [-0.4, -0.2) is 49.1 Å². The molecule has 1 aromatic heterocycles. The second-order valence-electron chi connectivity index (χ2n) is 8.13. The number of hydrogen-bond acceptors (Lipinski definition) is 7. The van der Waals surface area contributed by atoms with Gasteiger partial charge < -0.3 is 15.0 Å². The first-order valence-electron chi connectivity index (χ1n) is 9.40. The second kappa shape index (κ2) is 8.38. The normalized spacial score (nSPS) is 17.1. The lowest BCUT2D eigenvalue weighted by atomic mass is 10.1. The van der Waals surface area contributed by atoms with Crippen LogP contribution in [0, 0.1) is 12.7 Å². The highest BCUT2D eigenvalue weighted by Gasteiger charge is 2.30. The first kappa shape index (κ1) is 22.3. The minimum Gasteiger partial charge on any atom is -0.444 e. The van der Waals surface area contributed by atoms with Crippen LogP contribution >= 0.6 is 11.3 Å². The smallest absolute Gasteiger partial charge is 0.410 e. The number of thiazole rings is 1. The van der Waals surface area contributed by atoms with Crippen LogP contribution in [-0.2, 0) is 14.8 Å². The number of carbonyl (C=O) groups excluding carboxylic acids is 1. The third-order valence-electron chi connectivity index (χ3n) is 4.44. The number of amides is 1. The molecule has 1 aliphatic heterocycles. The molecule has 164 valence electrons. The van der Waals surface area contributed by atoms with Gasteiger partial charge in [0.25, 0.3) is 10.0 Å². The fraction of sp³-hybridized carbons (Fsp3) is 0.474. The molecule has 1 atom stereocenters. The maximum absolute atomic E-state index is 14.7. The van der Waals surface area contributed by atoms with Crippen molar-refractivity contribution in [3.8, 4) is 0 Å². The Morgan fingerprint density at radius 1 is 1.37 bits per heavy atom. The Bertz CT molecular complexity index is 1020. The van der Waals surface area contributed by atoms with Crippen molar-refractivity contribution in [3.63, 3.8) is 0 Å². The monoisotopic (exact) mass is 456 g/mol. The summed E-state index contributed by atoms with van der Waals surface area (Å²) in [7, 11) is -4.10. The molecule has 2 heterocycles. The van der Waals surface area contributed by atoms with E-state index < -0.39 is 26.3 Å². The van der Waals surface area contributed by atoms with E-state index in [2.05, 4.69) is 15.0 Å². The van der Waals surface area contributed by atoms with Crippen molar-refractivity contribution in [2.45, 2.75) is 50.7 Å². The van der Waals surface area contributed by atoms with Crippen LogP contribution in [0.25, 0.3) is 0 Å². The van der Waals surface area contributed by atoms with Crippen LogP contribution in [0.5, 0.6) is 0 Å². The Kier molecular flexibility index (Phi) is 6.23. The SMILES string of the molecule is Cc1cc(S(=O)(=O)Nc2cscn2)c(F)cc1N[C@H]1CCN(C(=O)OC(C)(C)C)C1. The van der Waals surface area contributed by atoms with Gasteiger partial charge in [0.1, 0.15) is 16.3 Å². The topological polar surface area (TPSA) is 101 Å². The van der Waals surface area contributed by atoms with Gasteiger partial charge in [0.05, 0.1) is 5.51 Å². The Morgan fingerprint density at radius 3 is 2.73 bits per heavy atom. The number of anilines is 2. The molecule has 30 heavy (non-hydrogen) atoms. The largest absolute Gasteiger partial charge is 0.444 e. The lowest BCUT2D eigenvalue weighted by Crippen LogP contribution is -2.36. The first-order chi connectivity index (χ1) is 13.9. The van der Waals surface area contributed by atoms with E-state index >= 15 is 0 Å². The third kappa shape index (κ3) is 5.39. The number of halogens is 1. The maximum Gasteiger partial charge on any atom is 0.410 e. The fourth-order valence-electron chi connectivity index (χ4n) is 3.06. The Labute approximate surface area is 179 Å². The number of carbonyl (C=O) groups is 1. The molecule has 0 unspecified atom stereocenters. The third-order valence-corrected chi connectivity index (χ3v) is 6.40. The average Bonchev–Trinajstić information content (AvgIpc) is 3.27. The molecule has 3 rings (SSSR count). The number of nitrogens with zero attached hydrogens (tertiary/aromatic N) is 2. The molecule has 1 aliphatic rings. The van der Waals surface area contributed by atoms with Crippen molar-refractivity contribution in [1.29, 1.82) is 0 Å². The minimum atomic E-state index is -4.10. The molecule has 0 aliphatic carbocycles. The van der Waals surface area contributed by atoms with Gasteiger partial charge in [-0.1, -0.05) is 0 Å². The number of ether oxygens (including phenoxy) is 1. The van der Waals surface area contributed by atoms with Crippen LogP contribution in [0.15, 0.2) is 27.9 Å². The van der Waals surface area contributed by atoms with E-state index in [4.69, 9.17) is 4.74 Å². The van der Waals surface area contributed by atoms with Crippen molar-refractivity contribution in [2.75, 3.05) is 23.1 Å². The summed E-state index contributed by atoms with van der Waals surface area (Å²) < 4.78 is 47.3. The average molecular weight is 457 g/mol. The van der Waals surface area contributed by atoms with Crippen molar-refractivity contribution >= 4 is 39.0 Å². The predicted molar refractivity (Wildman–Crippen MR) is 114 cm³/mol. The van der Waals surface area contributed by atoms with Gasteiger partial charge in [-0.05, 0) is 51.8 Å². The Balaban J connectivity index is 1.70. The number of rotatable bonds is 5. The van der Waals surface area contributed by atoms with Gasteiger partial charge in [0.2, 0.25) is 0 Å². The predicted octanol–water partition coefficient (Wildman–Crippen LogP) is 3.81. The molecule has 11 heteroatoms. The van der Waals surface area contributed by atoms with Crippen LogP contribution in [0.1, 0.15) is 32.8 Å². The minimum absolute atomic E-state index is 0.0915. The summed E-state index contributed by atoms with van der Waals surface area (Å²) in [5.41, 5.74) is 1.96. The molecule has 0 bridgehead atoms. The van der Waals surface area contributed by atoms with E-state index in [1.54, 1.807) is 11.8 Å². The van der Waals surface area contributed by atoms with E-state index in [1.807, 2.05) is 20.8 Å². The summed E-state index contributed by atoms with van der Waals surface area (Å²) >= 11 is 1.23. The van der Waals surface area contributed by atoms with Gasteiger partial charge in [-0.3, -0.25) is 4.72 Å². The van der Waals surface area contributed by atoms with Crippen LogP contribution in [0.3, 0.4) is 0 Å². The Morgan fingerprint density at radius 2 is 2.10 bits per heavy atom. The molecule has 1 aromatic carbocycles. The molecule has 0 spiro atoms. The summed E-state index contributed by atoms with van der Waals surface area (Å²) in [4.78, 5) is 17.2. The molecule has 1 fully saturated rings. The number of benzene rings is 1. The molecule has 0 radical (unpaired) electrons. The zero-order valence-electron chi connectivity index (χ0n) is 17.2. The zero-order valence-corrected chi connectivity index (χ0v) is 18.9. The number of hydrogen-bond donors (Lipinski definition) is 2. The van der Waals surface area contributed by atoms with Crippen LogP contribution < -0.4 is 10.0 Å². The van der Waals surface area contributed by atoms with Crippen LogP contribution in [0.4, 0.5) is 20.7 Å². The first-order valence-corrected chi connectivity index (χ1v) is 11.8. The van der Waals surface area contributed by atoms with Gasteiger partial charge in [0, 0.05) is 30.2 Å². The molecular weight excluding hydrogens is 431 g/mol. The lowest BCUT2D eigenvalue weighted by Gasteiger charge is -2.24. The highest BCUT2D eigenvalue weighted by atomic mass is 32.2. The number of aryl methyl sites for hydroxylation is 1. The van der Waals surface area contributed by atoms with Crippen molar-refractivity contribution in [3.05, 3.63) is 34.4 Å². The molecular formula is C19H25FN4O4S2. The maximum atomic E-state index is 14.7. The quantitative estimate of drug-likeness (QED) is 0.710. The summed E-state index contributed by atoms with van der Waals surface area (Å²) in [6.45, 7) is 8.06. The summed E-state index contributed by atoms with van der Waals surface area (Å²) in [5.74, 6) is -0.722. The van der Waals surface area contributed by atoms with Gasteiger partial charge in [-0.25, -0.2) is 22.6 Å². The van der Waals surface area contributed by atoms with Crippen molar-refractivity contribution in [1.82, 2.24) is 9.88 Å². The molecule has 1 amide bonds. The van der Waals surface area contributed by atoms with E-state index in [-0.39, 0.29) is 18.0 Å². The molecule has 2 aromatic rings.